The van der Waals surface area contributed by atoms with Crippen LogP contribution in [0.5, 0.6) is 0 Å². The van der Waals surface area contributed by atoms with Gasteiger partial charge in [-0.1, -0.05) is 0 Å². The summed E-state index contributed by atoms with van der Waals surface area (Å²) in [5, 5.41) is 9.30. The van der Waals surface area contributed by atoms with E-state index in [4.69, 9.17) is 0 Å². The number of nitrogens with zero attached hydrogens (tertiary/aromatic N) is 2. The van der Waals surface area contributed by atoms with Gasteiger partial charge < -0.3 is 10.0 Å². The molecule has 96 valence electrons. The molecule has 2 aliphatic rings. The largest absolute Gasteiger partial charge is 0.390 e. The smallest absolute Gasteiger partial charge is 0.181 e. The van der Waals surface area contributed by atoms with Crippen LogP contribution in [0.1, 0.15) is 47.4 Å². The van der Waals surface area contributed by atoms with Crippen LogP contribution < -0.4 is 4.90 Å². The van der Waals surface area contributed by atoms with E-state index in [0.717, 1.165) is 37.2 Å². The summed E-state index contributed by atoms with van der Waals surface area (Å²) >= 11 is 0. The van der Waals surface area contributed by atoms with E-state index in [9.17, 15) is 9.90 Å². The molecule has 1 N–H and O–H groups in total. The first kappa shape index (κ1) is 11.7. The first-order valence-corrected chi connectivity index (χ1v) is 6.71. The maximum absolute atomic E-state index is 12.0. The van der Waals surface area contributed by atoms with Crippen molar-refractivity contribution in [2.24, 2.45) is 0 Å². The fourth-order valence-electron chi connectivity index (χ4n) is 2.95. The number of aliphatic hydroxyl groups excluding tert-OH is 1. The molecule has 1 aromatic heterocycles. The standard InChI is InChI=1S/C14H18N2O2/c17-9-10-8-12(16-6-1-2-7-16)11-4-3-5-13(18)14(11)15-10/h8,17H,1-7,9H2. The van der Waals surface area contributed by atoms with Crippen LogP contribution in [0, 0.1) is 0 Å². The van der Waals surface area contributed by atoms with Crippen LogP contribution in [0.2, 0.25) is 0 Å². The Morgan fingerprint density at radius 3 is 2.72 bits per heavy atom. The van der Waals surface area contributed by atoms with Crippen LogP contribution in [-0.4, -0.2) is 29.0 Å². The molecule has 1 aromatic rings. The Labute approximate surface area is 107 Å². The number of anilines is 1. The molecule has 1 aliphatic carbocycles. The highest BCUT2D eigenvalue weighted by Gasteiger charge is 2.25. The number of hydrogen-bond donors (Lipinski definition) is 1. The van der Waals surface area contributed by atoms with Gasteiger partial charge in [0.05, 0.1) is 12.3 Å². The highest BCUT2D eigenvalue weighted by atomic mass is 16.3. The number of rotatable bonds is 2. The Kier molecular flexibility index (Phi) is 3.04. The number of aliphatic hydroxyl groups is 1. The van der Waals surface area contributed by atoms with Crippen molar-refractivity contribution in [3.63, 3.8) is 0 Å². The Balaban J connectivity index is 2.10. The van der Waals surface area contributed by atoms with Crippen LogP contribution >= 0.6 is 0 Å². The van der Waals surface area contributed by atoms with Crippen molar-refractivity contribution in [1.29, 1.82) is 0 Å². The minimum atomic E-state index is -0.0958. The van der Waals surface area contributed by atoms with Crippen molar-refractivity contribution in [3.8, 4) is 0 Å². The van der Waals surface area contributed by atoms with Gasteiger partial charge in [0.25, 0.3) is 0 Å². The van der Waals surface area contributed by atoms with E-state index in [2.05, 4.69) is 9.88 Å². The molecule has 0 atom stereocenters. The Morgan fingerprint density at radius 1 is 1.22 bits per heavy atom. The Bertz CT molecular complexity index is 479. The van der Waals surface area contributed by atoms with Gasteiger partial charge in [-0.25, -0.2) is 4.98 Å². The minimum absolute atomic E-state index is 0.0958. The maximum Gasteiger partial charge on any atom is 0.181 e. The molecule has 4 heteroatoms. The van der Waals surface area contributed by atoms with Crippen molar-refractivity contribution in [1.82, 2.24) is 4.98 Å². The Hall–Kier alpha value is -1.42. The van der Waals surface area contributed by atoms with Crippen LogP contribution in [0.15, 0.2) is 6.07 Å². The van der Waals surface area contributed by atoms with Crippen molar-refractivity contribution >= 4 is 11.5 Å². The number of aromatic nitrogens is 1. The molecule has 18 heavy (non-hydrogen) atoms. The number of pyridine rings is 1. The Morgan fingerprint density at radius 2 is 2.00 bits per heavy atom. The molecule has 0 aromatic carbocycles. The number of Topliss-reactive ketones (excluding diaryl/α,β-unsaturated/α-hetero) is 1. The van der Waals surface area contributed by atoms with E-state index in [1.165, 1.54) is 12.8 Å². The van der Waals surface area contributed by atoms with E-state index in [-0.39, 0.29) is 12.4 Å². The molecule has 2 heterocycles. The SMILES string of the molecule is O=C1CCCc2c(N3CCCC3)cc(CO)nc21. The van der Waals surface area contributed by atoms with Crippen molar-refractivity contribution in [3.05, 3.63) is 23.0 Å². The fourth-order valence-corrected chi connectivity index (χ4v) is 2.95. The van der Waals surface area contributed by atoms with Gasteiger partial charge in [-0.15, -0.1) is 0 Å². The molecule has 0 spiro atoms. The highest BCUT2D eigenvalue weighted by Crippen LogP contribution is 2.32. The average molecular weight is 246 g/mol. The van der Waals surface area contributed by atoms with Gasteiger partial charge in [0.1, 0.15) is 5.69 Å². The second kappa shape index (κ2) is 4.69. The highest BCUT2D eigenvalue weighted by molar-refractivity contribution is 5.98. The number of carbonyl (C=O) groups excluding carboxylic acids is 1. The van der Waals surface area contributed by atoms with E-state index >= 15 is 0 Å². The summed E-state index contributed by atoms with van der Waals surface area (Å²) in [5.41, 5.74) is 3.46. The maximum atomic E-state index is 12.0. The summed E-state index contributed by atoms with van der Waals surface area (Å²) < 4.78 is 0. The summed E-state index contributed by atoms with van der Waals surface area (Å²) in [6.07, 6.45) is 4.87. The van der Waals surface area contributed by atoms with Gasteiger partial charge in [-0.3, -0.25) is 4.79 Å². The van der Waals surface area contributed by atoms with Gasteiger partial charge in [-0.2, -0.15) is 0 Å². The molecule has 1 fully saturated rings. The molecule has 4 nitrogen and oxygen atoms in total. The molecule has 0 bridgehead atoms. The summed E-state index contributed by atoms with van der Waals surface area (Å²) in [5.74, 6) is 0.131. The molecule has 1 saturated heterocycles. The first-order chi connectivity index (χ1) is 8.79. The van der Waals surface area contributed by atoms with Crippen LogP contribution in [-0.2, 0) is 13.0 Å². The number of fused-ring (bicyclic) bond motifs is 1. The fraction of sp³-hybridized carbons (Fsp3) is 0.571. The lowest BCUT2D eigenvalue weighted by atomic mass is 9.92. The van der Waals surface area contributed by atoms with Gasteiger partial charge >= 0.3 is 0 Å². The van der Waals surface area contributed by atoms with Gasteiger partial charge in [0, 0.05) is 30.8 Å². The third-order valence-electron chi connectivity index (χ3n) is 3.86. The molecule has 0 radical (unpaired) electrons. The third-order valence-corrected chi connectivity index (χ3v) is 3.86. The lowest BCUT2D eigenvalue weighted by Gasteiger charge is -2.25. The van der Waals surface area contributed by atoms with Crippen LogP contribution in [0.4, 0.5) is 5.69 Å². The summed E-state index contributed by atoms with van der Waals surface area (Å²) in [4.78, 5) is 18.6. The zero-order chi connectivity index (χ0) is 12.5. The molecule has 0 saturated carbocycles. The molecule has 0 unspecified atom stereocenters. The van der Waals surface area contributed by atoms with E-state index in [0.29, 0.717) is 17.8 Å². The predicted octanol–water partition coefficient (Wildman–Crippen LogP) is 1.69. The minimum Gasteiger partial charge on any atom is -0.390 e. The predicted molar refractivity (Wildman–Crippen MR) is 68.9 cm³/mol. The summed E-state index contributed by atoms with van der Waals surface area (Å²) in [6, 6.07) is 1.96. The number of ketones is 1. The van der Waals surface area contributed by atoms with Crippen LogP contribution in [0.3, 0.4) is 0 Å². The van der Waals surface area contributed by atoms with E-state index < -0.39 is 0 Å². The van der Waals surface area contributed by atoms with E-state index in [1.54, 1.807) is 0 Å². The topological polar surface area (TPSA) is 53.4 Å². The van der Waals surface area contributed by atoms with Crippen LogP contribution in [0.25, 0.3) is 0 Å². The summed E-state index contributed by atoms with van der Waals surface area (Å²) in [6.45, 7) is 2.01. The molecule has 1 aliphatic heterocycles. The average Bonchev–Trinajstić information content (AvgIpc) is 2.92. The van der Waals surface area contributed by atoms with Crippen molar-refractivity contribution < 1.29 is 9.90 Å². The molecule has 0 amide bonds. The summed E-state index contributed by atoms with van der Waals surface area (Å²) in [7, 11) is 0. The van der Waals surface area contributed by atoms with Gasteiger partial charge in [-0.05, 0) is 31.7 Å². The first-order valence-electron chi connectivity index (χ1n) is 6.71. The van der Waals surface area contributed by atoms with Crippen molar-refractivity contribution in [2.75, 3.05) is 18.0 Å². The number of carbonyl (C=O) groups is 1. The molecular formula is C14H18N2O2. The van der Waals surface area contributed by atoms with E-state index in [1.807, 2.05) is 6.07 Å². The number of hydrogen-bond acceptors (Lipinski definition) is 4. The normalized spacial score (nSPS) is 19.2. The molecular weight excluding hydrogens is 228 g/mol. The van der Waals surface area contributed by atoms with Gasteiger partial charge in [0.15, 0.2) is 5.78 Å². The zero-order valence-electron chi connectivity index (χ0n) is 10.5. The lowest BCUT2D eigenvalue weighted by molar-refractivity contribution is 0.0966. The van der Waals surface area contributed by atoms with Gasteiger partial charge in [0.2, 0.25) is 0 Å². The zero-order valence-corrected chi connectivity index (χ0v) is 10.5. The third kappa shape index (κ3) is 1.90. The van der Waals surface area contributed by atoms with Crippen molar-refractivity contribution in [2.45, 2.75) is 38.7 Å². The quantitative estimate of drug-likeness (QED) is 0.863. The monoisotopic (exact) mass is 246 g/mol. The lowest BCUT2D eigenvalue weighted by Crippen LogP contribution is -2.24. The second-order valence-corrected chi connectivity index (χ2v) is 5.09. The second-order valence-electron chi connectivity index (χ2n) is 5.09. The molecule has 3 rings (SSSR count).